The van der Waals surface area contributed by atoms with Crippen LogP contribution in [0, 0.1) is 5.92 Å². The number of carbonyl (C=O) groups is 1. The lowest BCUT2D eigenvalue weighted by Crippen LogP contribution is -2.23. The van der Waals surface area contributed by atoms with E-state index in [0.717, 1.165) is 29.8 Å². The highest BCUT2D eigenvalue weighted by molar-refractivity contribution is 8.02. The Morgan fingerprint density at radius 3 is 2.42 bits per heavy atom. The molecule has 0 aliphatic carbocycles. The first-order valence-corrected chi connectivity index (χ1v) is 14.9. The minimum absolute atomic E-state index is 0.351. The third-order valence-corrected chi connectivity index (χ3v) is 6.16. The minimum Gasteiger partial charge on any atom is -0.465 e. The van der Waals surface area contributed by atoms with E-state index < -0.39 is 0 Å². The van der Waals surface area contributed by atoms with E-state index in [9.17, 15) is 4.79 Å². The van der Waals surface area contributed by atoms with Crippen LogP contribution in [0.1, 0.15) is 71.7 Å². The van der Waals surface area contributed by atoms with Crippen molar-refractivity contribution in [3.63, 3.8) is 0 Å². The lowest BCUT2D eigenvalue weighted by atomic mass is 10.0. The van der Waals surface area contributed by atoms with Gasteiger partial charge in [-0.25, -0.2) is 4.79 Å². The van der Waals surface area contributed by atoms with Crippen molar-refractivity contribution in [3.05, 3.63) is 101 Å². The fourth-order valence-corrected chi connectivity index (χ4v) is 4.09. The normalized spacial score (nSPS) is 12.1. The highest BCUT2D eigenvalue weighted by Crippen LogP contribution is 2.22. The monoisotopic (exact) mass is 558 g/mol. The highest BCUT2D eigenvalue weighted by Gasteiger charge is 2.10. The number of nitrogens with two attached hydrogens (primary N) is 1. The SMILES string of the molecule is C=C/C(=C\C/C=C(CC)/C(N)=C/SCN(C/C=C/C=C\S)c1cccc(C(=O)OC)c1)C(C)C.CC.CC. The number of esters is 1. The van der Waals surface area contributed by atoms with Gasteiger partial charge in [0.25, 0.3) is 0 Å². The molecule has 1 rings (SSSR count). The number of thiol groups is 1. The van der Waals surface area contributed by atoms with E-state index in [4.69, 9.17) is 10.5 Å². The first kappa shape index (κ1) is 37.6. The van der Waals surface area contributed by atoms with Gasteiger partial charge in [0.1, 0.15) is 0 Å². The molecule has 6 heteroatoms. The molecular weight excluding hydrogens is 508 g/mol. The number of anilines is 1. The molecule has 0 radical (unpaired) electrons. The smallest absolute Gasteiger partial charge is 0.337 e. The number of nitrogens with zero attached hydrogens (tertiary/aromatic N) is 1. The maximum Gasteiger partial charge on any atom is 0.337 e. The molecule has 0 bridgehead atoms. The Labute approximate surface area is 242 Å². The second-order valence-electron chi connectivity index (χ2n) is 7.78. The summed E-state index contributed by atoms with van der Waals surface area (Å²) in [7, 11) is 1.39. The molecule has 4 nitrogen and oxygen atoms in total. The van der Waals surface area contributed by atoms with Crippen molar-refractivity contribution in [1.29, 1.82) is 0 Å². The summed E-state index contributed by atoms with van der Waals surface area (Å²) < 4.78 is 4.87. The lowest BCUT2D eigenvalue weighted by molar-refractivity contribution is 0.0600. The van der Waals surface area contributed by atoms with Gasteiger partial charge in [-0.15, -0.1) is 11.8 Å². The van der Waals surface area contributed by atoms with Crippen LogP contribution >= 0.6 is 24.4 Å². The third kappa shape index (κ3) is 15.6. The Kier molecular flexibility index (Phi) is 24.5. The van der Waals surface area contributed by atoms with Gasteiger partial charge in [0.2, 0.25) is 0 Å². The molecule has 0 aromatic heterocycles. The van der Waals surface area contributed by atoms with E-state index >= 15 is 0 Å². The molecule has 1 aromatic rings. The van der Waals surface area contributed by atoms with Gasteiger partial charge in [0.05, 0.1) is 18.6 Å². The molecule has 0 heterocycles. The van der Waals surface area contributed by atoms with Gasteiger partial charge < -0.3 is 15.4 Å². The quantitative estimate of drug-likeness (QED) is 0.103. The first-order chi connectivity index (χ1) is 18.4. The molecule has 0 aliphatic heterocycles. The largest absolute Gasteiger partial charge is 0.465 e. The number of rotatable bonds is 14. The molecule has 212 valence electrons. The van der Waals surface area contributed by atoms with Crippen molar-refractivity contribution >= 4 is 36.0 Å². The van der Waals surface area contributed by atoms with Gasteiger partial charge in [0, 0.05) is 17.9 Å². The molecule has 0 atom stereocenters. The number of hydrogen-bond acceptors (Lipinski definition) is 6. The van der Waals surface area contributed by atoms with E-state index in [2.05, 4.69) is 57.0 Å². The molecule has 38 heavy (non-hydrogen) atoms. The highest BCUT2D eigenvalue weighted by atomic mass is 32.2. The second-order valence-corrected chi connectivity index (χ2v) is 8.91. The van der Waals surface area contributed by atoms with Crippen LogP contribution in [0.4, 0.5) is 5.69 Å². The average Bonchev–Trinajstić information content (AvgIpc) is 2.95. The predicted molar refractivity (Wildman–Crippen MR) is 176 cm³/mol. The Morgan fingerprint density at radius 1 is 1.18 bits per heavy atom. The summed E-state index contributed by atoms with van der Waals surface area (Å²) in [6.07, 6.45) is 13.9. The Morgan fingerprint density at radius 2 is 1.87 bits per heavy atom. The van der Waals surface area contributed by atoms with Crippen LogP contribution in [-0.2, 0) is 4.74 Å². The zero-order valence-corrected chi connectivity index (χ0v) is 26.4. The van der Waals surface area contributed by atoms with Gasteiger partial charge in [-0.1, -0.05) is 97.6 Å². The number of carbonyl (C=O) groups excluding carboxylic acids is 1. The molecule has 0 saturated carbocycles. The molecule has 0 unspecified atom stereocenters. The van der Waals surface area contributed by atoms with Gasteiger partial charge in [-0.05, 0) is 58.9 Å². The number of allylic oxidation sites excluding steroid dienone is 7. The molecule has 2 N–H and O–H groups in total. The van der Waals surface area contributed by atoms with Crippen LogP contribution in [0.15, 0.2) is 95.0 Å². The fraction of sp³-hybridized carbons (Fsp3) is 0.406. The molecule has 0 fully saturated rings. The zero-order chi connectivity index (χ0) is 29.3. The van der Waals surface area contributed by atoms with Crippen LogP contribution in [0.2, 0.25) is 0 Å². The fourth-order valence-electron chi connectivity index (χ4n) is 3.15. The predicted octanol–water partition coefficient (Wildman–Crippen LogP) is 9.32. The molecule has 1 aromatic carbocycles. The summed E-state index contributed by atoms with van der Waals surface area (Å²) in [6.45, 7) is 19.0. The van der Waals surface area contributed by atoms with E-state index in [0.29, 0.717) is 23.9 Å². The molecule has 0 aliphatic rings. The molecule has 0 saturated heterocycles. The Bertz CT molecular complexity index is 945. The van der Waals surface area contributed by atoms with Crippen LogP contribution < -0.4 is 10.6 Å². The molecular formula is C32H50N2O2S2. The van der Waals surface area contributed by atoms with Crippen molar-refractivity contribution in [3.8, 4) is 0 Å². The summed E-state index contributed by atoms with van der Waals surface area (Å²) in [5.74, 6) is 0.780. The van der Waals surface area contributed by atoms with Crippen molar-refractivity contribution in [2.24, 2.45) is 11.7 Å². The molecule has 0 amide bonds. The van der Waals surface area contributed by atoms with E-state index in [-0.39, 0.29) is 5.97 Å². The van der Waals surface area contributed by atoms with E-state index in [1.54, 1.807) is 23.2 Å². The minimum atomic E-state index is -0.351. The van der Waals surface area contributed by atoms with E-state index in [1.807, 2.05) is 75.6 Å². The Balaban J connectivity index is 0. The van der Waals surface area contributed by atoms with Crippen molar-refractivity contribution in [1.82, 2.24) is 0 Å². The lowest BCUT2D eigenvalue weighted by Gasteiger charge is -2.23. The average molecular weight is 559 g/mol. The van der Waals surface area contributed by atoms with Gasteiger partial charge in [-0.3, -0.25) is 0 Å². The van der Waals surface area contributed by atoms with E-state index in [1.165, 1.54) is 12.7 Å². The number of hydrogen-bond donors (Lipinski definition) is 2. The molecule has 0 spiro atoms. The maximum atomic E-state index is 12.0. The van der Waals surface area contributed by atoms with Crippen LogP contribution in [0.25, 0.3) is 0 Å². The summed E-state index contributed by atoms with van der Waals surface area (Å²) >= 11 is 5.71. The third-order valence-electron chi connectivity index (χ3n) is 5.10. The first-order valence-electron chi connectivity index (χ1n) is 13.4. The number of benzene rings is 1. The van der Waals surface area contributed by atoms with Crippen molar-refractivity contribution in [2.75, 3.05) is 24.4 Å². The number of ether oxygens (including phenoxy) is 1. The summed E-state index contributed by atoms with van der Waals surface area (Å²) in [4.78, 5) is 14.1. The van der Waals surface area contributed by atoms with Crippen LogP contribution in [0.5, 0.6) is 0 Å². The number of methoxy groups -OCH3 is 1. The topological polar surface area (TPSA) is 55.6 Å². The van der Waals surface area contributed by atoms with Gasteiger partial charge in [0.15, 0.2) is 0 Å². The van der Waals surface area contributed by atoms with Gasteiger partial charge in [-0.2, -0.15) is 12.6 Å². The second kappa shape index (κ2) is 24.7. The van der Waals surface area contributed by atoms with Crippen LogP contribution in [0.3, 0.4) is 0 Å². The van der Waals surface area contributed by atoms with Crippen LogP contribution in [-0.4, -0.2) is 25.5 Å². The van der Waals surface area contributed by atoms with Gasteiger partial charge >= 0.3 is 5.97 Å². The summed E-state index contributed by atoms with van der Waals surface area (Å²) in [6, 6.07) is 7.44. The summed E-state index contributed by atoms with van der Waals surface area (Å²) in [5, 5.41) is 3.69. The standard InChI is InChI=1S/C28H38N2O2S2.2C2H6/c1-6-23(22(3)4)13-11-14-24(7-2)27(29)20-34-21-30(17-9-8-10-18-33)26-16-12-15-25(19-26)28(31)32-5;2*1-2/h6,8-10,12-16,18-20,22,33H,1,7,11,17,21,29H2,2-5H3;2*1-2H3/b9-8+,18-10-,23-13+,24-14+,27-20-;;. The Hall–Kier alpha value is -2.57. The maximum absolute atomic E-state index is 12.0. The summed E-state index contributed by atoms with van der Waals surface area (Å²) in [5.41, 5.74) is 11.0. The zero-order valence-electron chi connectivity index (χ0n) is 24.7. The number of thioether (sulfide) groups is 1. The van der Waals surface area contributed by atoms with Crippen molar-refractivity contribution in [2.45, 2.75) is 61.3 Å². The van der Waals surface area contributed by atoms with Crippen molar-refractivity contribution < 1.29 is 9.53 Å².